The van der Waals surface area contributed by atoms with Crippen molar-refractivity contribution in [1.29, 1.82) is 0 Å². The summed E-state index contributed by atoms with van der Waals surface area (Å²) in [6, 6.07) is 19.7. The van der Waals surface area contributed by atoms with Crippen molar-refractivity contribution < 1.29 is 4.79 Å². The lowest BCUT2D eigenvalue weighted by molar-refractivity contribution is -0.119. The molecule has 0 spiro atoms. The summed E-state index contributed by atoms with van der Waals surface area (Å²) >= 11 is 0. The molecule has 0 aliphatic carbocycles. The second-order valence-corrected chi connectivity index (χ2v) is 4.47. The monoisotopic (exact) mass is 263 g/mol. The lowest BCUT2D eigenvalue weighted by Crippen LogP contribution is -2.19. The number of rotatable bonds is 5. The van der Waals surface area contributed by atoms with Gasteiger partial charge in [-0.1, -0.05) is 85.0 Å². The van der Waals surface area contributed by atoms with Crippen molar-refractivity contribution in [1.82, 2.24) is 0 Å². The number of hydrogen-bond acceptors (Lipinski definition) is 1. The van der Waals surface area contributed by atoms with Crippen LogP contribution in [0.25, 0.3) is 12.2 Å². The van der Waals surface area contributed by atoms with Gasteiger partial charge < -0.3 is 5.73 Å². The van der Waals surface area contributed by atoms with Gasteiger partial charge in [0, 0.05) is 0 Å². The highest BCUT2D eigenvalue weighted by Crippen LogP contribution is 2.10. The van der Waals surface area contributed by atoms with Crippen LogP contribution in [0.15, 0.2) is 72.8 Å². The average molecular weight is 263 g/mol. The molecule has 0 unspecified atom stereocenters. The highest BCUT2D eigenvalue weighted by Gasteiger charge is 2.06. The Hall–Kier alpha value is -2.61. The summed E-state index contributed by atoms with van der Waals surface area (Å²) < 4.78 is 0. The number of nitrogens with two attached hydrogens (primary N) is 1. The lowest BCUT2D eigenvalue weighted by Gasteiger charge is -2.02. The average Bonchev–Trinajstić information content (AvgIpc) is 2.49. The van der Waals surface area contributed by atoms with Gasteiger partial charge in [-0.2, -0.15) is 0 Å². The zero-order valence-electron chi connectivity index (χ0n) is 11.1. The molecule has 0 aliphatic rings. The van der Waals surface area contributed by atoms with E-state index in [1.165, 1.54) is 0 Å². The molecule has 0 atom stereocenters. The van der Waals surface area contributed by atoms with Gasteiger partial charge in [0.15, 0.2) is 0 Å². The van der Waals surface area contributed by atoms with Crippen LogP contribution in [-0.2, 0) is 4.79 Å². The number of benzene rings is 2. The molecule has 0 bridgehead atoms. The maximum Gasteiger partial charge on any atom is 0.228 e. The first-order valence-electron chi connectivity index (χ1n) is 6.51. The zero-order chi connectivity index (χ0) is 14.2. The van der Waals surface area contributed by atoms with Crippen LogP contribution < -0.4 is 5.73 Å². The molecule has 2 aromatic rings. The van der Waals surface area contributed by atoms with E-state index in [-0.39, 0.29) is 5.91 Å². The van der Waals surface area contributed by atoms with Crippen LogP contribution in [0.5, 0.6) is 0 Å². The number of primary amides is 1. The molecule has 2 nitrogen and oxygen atoms in total. The van der Waals surface area contributed by atoms with Gasteiger partial charge in [0.25, 0.3) is 0 Å². The van der Waals surface area contributed by atoms with Crippen molar-refractivity contribution in [3.05, 3.63) is 83.9 Å². The van der Waals surface area contributed by atoms with E-state index in [4.69, 9.17) is 5.73 Å². The van der Waals surface area contributed by atoms with Crippen LogP contribution in [0.3, 0.4) is 0 Å². The van der Waals surface area contributed by atoms with E-state index in [0.29, 0.717) is 0 Å². The highest BCUT2D eigenvalue weighted by molar-refractivity contribution is 5.82. The van der Waals surface area contributed by atoms with Crippen molar-refractivity contribution in [3.63, 3.8) is 0 Å². The molecule has 2 N–H and O–H groups in total. The smallest absolute Gasteiger partial charge is 0.228 e. The fourth-order valence-corrected chi connectivity index (χ4v) is 1.81. The van der Waals surface area contributed by atoms with Crippen molar-refractivity contribution in [2.75, 3.05) is 0 Å². The summed E-state index contributed by atoms with van der Waals surface area (Å²) in [5.41, 5.74) is 7.52. The molecule has 0 heterocycles. The normalized spacial score (nSPS) is 12.8. The Morgan fingerprint density at radius 1 is 0.800 bits per heavy atom. The summed E-state index contributed by atoms with van der Waals surface area (Å²) in [6.45, 7) is 0. The van der Waals surface area contributed by atoms with E-state index in [2.05, 4.69) is 0 Å². The van der Waals surface area contributed by atoms with Crippen LogP contribution in [0, 0.1) is 5.92 Å². The van der Waals surface area contributed by atoms with Gasteiger partial charge in [-0.05, 0) is 11.1 Å². The first kappa shape index (κ1) is 13.8. The summed E-state index contributed by atoms with van der Waals surface area (Å²) in [6.07, 6.45) is 7.45. The van der Waals surface area contributed by atoms with E-state index >= 15 is 0 Å². The van der Waals surface area contributed by atoms with E-state index in [9.17, 15) is 4.79 Å². The van der Waals surface area contributed by atoms with Crippen molar-refractivity contribution in [2.24, 2.45) is 11.7 Å². The summed E-state index contributed by atoms with van der Waals surface area (Å²) in [5.74, 6) is -0.764. The van der Waals surface area contributed by atoms with Gasteiger partial charge >= 0.3 is 0 Å². The molecule has 0 saturated heterocycles. The molecular formula is C18H17NO. The van der Waals surface area contributed by atoms with Crippen LogP contribution in [-0.4, -0.2) is 5.91 Å². The molecule has 0 aliphatic heterocycles. The predicted octanol–water partition coefficient (Wildman–Crippen LogP) is 3.51. The first-order valence-corrected chi connectivity index (χ1v) is 6.51. The largest absolute Gasteiger partial charge is 0.369 e. The van der Waals surface area contributed by atoms with Crippen molar-refractivity contribution in [3.8, 4) is 0 Å². The van der Waals surface area contributed by atoms with Crippen LogP contribution in [0.1, 0.15) is 11.1 Å². The fraction of sp³-hybridized carbons (Fsp3) is 0.0556. The number of carbonyl (C=O) groups excluding carboxylic acids is 1. The number of carbonyl (C=O) groups is 1. The SMILES string of the molecule is NC(=O)C(C=Cc1ccccc1)C=Cc1ccccc1. The highest BCUT2D eigenvalue weighted by atomic mass is 16.1. The molecule has 0 aromatic heterocycles. The summed E-state index contributed by atoms with van der Waals surface area (Å²) in [4.78, 5) is 11.5. The molecule has 0 fully saturated rings. The van der Waals surface area contributed by atoms with Gasteiger partial charge in [0.05, 0.1) is 5.92 Å². The Balaban J connectivity index is 2.10. The molecular weight excluding hydrogens is 246 g/mol. The Kier molecular flexibility index (Phi) is 4.90. The minimum atomic E-state index is -0.407. The lowest BCUT2D eigenvalue weighted by atomic mass is 10.0. The minimum Gasteiger partial charge on any atom is -0.369 e. The molecule has 2 rings (SSSR count). The number of amides is 1. The summed E-state index contributed by atoms with van der Waals surface area (Å²) in [7, 11) is 0. The van der Waals surface area contributed by atoms with Gasteiger partial charge in [-0.3, -0.25) is 4.79 Å². The topological polar surface area (TPSA) is 43.1 Å². The van der Waals surface area contributed by atoms with Crippen LogP contribution in [0.2, 0.25) is 0 Å². The standard InChI is InChI=1S/C18H17NO/c19-18(20)17(13-11-15-7-3-1-4-8-15)14-12-16-9-5-2-6-10-16/h1-14,17H,(H2,19,20). The van der Waals surface area contributed by atoms with Gasteiger partial charge in [-0.25, -0.2) is 0 Å². The second kappa shape index (κ2) is 7.10. The molecule has 1 amide bonds. The fourth-order valence-electron chi connectivity index (χ4n) is 1.81. The molecule has 0 radical (unpaired) electrons. The Morgan fingerprint density at radius 2 is 1.20 bits per heavy atom. The minimum absolute atomic E-state index is 0.357. The van der Waals surface area contributed by atoms with E-state index < -0.39 is 5.92 Å². The van der Waals surface area contributed by atoms with Gasteiger partial charge in [0.1, 0.15) is 0 Å². The summed E-state index contributed by atoms with van der Waals surface area (Å²) in [5, 5.41) is 0. The first-order chi connectivity index (χ1) is 9.75. The van der Waals surface area contributed by atoms with Crippen molar-refractivity contribution >= 4 is 18.1 Å². The van der Waals surface area contributed by atoms with Crippen LogP contribution in [0.4, 0.5) is 0 Å². The number of hydrogen-bond donors (Lipinski definition) is 1. The zero-order valence-corrected chi connectivity index (χ0v) is 11.1. The van der Waals surface area contributed by atoms with Crippen LogP contribution >= 0.6 is 0 Å². The third-order valence-electron chi connectivity index (χ3n) is 2.92. The molecule has 2 heteroatoms. The van der Waals surface area contributed by atoms with E-state index in [1.807, 2.05) is 85.0 Å². The van der Waals surface area contributed by atoms with E-state index in [0.717, 1.165) is 11.1 Å². The molecule has 2 aromatic carbocycles. The second-order valence-electron chi connectivity index (χ2n) is 4.47. The maximum atomic E-state index is 11.5. The molecule has 0 saturated carbocycles. The third kappa shape index (κ3) is 4.25. The molecule has 20 heavy (non-hydrogen) atoms. The quantitative estimate of drug-likeness (QED) is 0.881. The van der Waals surface area contributed by atoms with Gasteiger partial charge in [-0.15, -0.1) is 0 Å². The Morgan fingerprint density at radius 3 is 1.55 bits per heavy atom. The van der Waals surface area contributed by atoms with Gasteiger partial charge in [0.2, 0.25) is 5.91 Å². The Bertz CT molecular complexity index is 550. The molecule has 100 valence electrons. The maximum absolute atomic E-state index is 11.5. The van der Waals surface area contributed by atoms with Crippen molar-refractivity contribution in [2.45, 2.75) is 0 Å². The third-order valence-corrected chi connectivity index (χ3v) is 2.92. The Labute approximate surface area is 119 Å². The predicted molar refractivity (Wildman–Crippen MR) is 83.6 cm³/mol. The van der Waals surface area contributed by atoms with E-state index in [1.54, 1.807) is 0 Å².